The highest BCUT2D eigenvalue weighted by atomic mass is 35.5. The fourth-order valence-electron chi connectivity index (χ4n) is 2.01. The molecule has 0 aliphatic carbocycles. The Morgan fingerprint density at radius 2 is 2.35 bits per heavy atom. The molecule has 0 spiro atoms. The van der Waals surface area contributed by atoms with Crippen molar-refractivity contribution in [1.82, 2.24) is 14.8 Å². The highest BCUT2D eigenvalue weighted by molar-refractivity contribution is 6.30. The van der Waals surface area contributed by atoms with Crippen LogP contribution >= 0.6 is 11.6 Å². The van der Waals surface area contributed by atoms with Crippen LogP contribution in [-0.4, -0.2) is 53.4 Å². The molecule has 1 N–H and O–H groups in total. The van der Waals surface area contributed by atoms with Gasteiger partial charge in [-0.2, -0.15) is 0 Å². The standard InChI is InChI=1S/C13H17ClN4O2/c1-17(5-6-18-4-2-3-12(18)19)13(20)16-11-7-10(14)8-15-9-11/h7-9H,2-6H2,1H3,(H,16,20). The molecule has 1 fully saturated rings. The zero-order valence-corrected chi connectivity index (χ0v) is 12.1. The van der Waals surface area contributed by atoms with Gasteiger partial charge in [0.25, 0.3) is 0 Å². The van der Waals surface area contributed by atoms with E-state index in [2.05, 4.69) is 10.3 Å². The van der Waals surface area contributed by atoms with Gasteiger partial charge in [-0.1, -0.05) is 11.6 Å². The molecule has 2 heterocycles. The normalized spacial score (nSPS) is 14.5. The van der Waals surface area contributed by atoms with Gasteiger partial charge >= 0.3 is 6.03 Å². The van der Waals surface area contributed by atoms with Crippen LogP contribution in [0.25, 0.3) is 0 Å². The van der Waals surface area contributed by atoms with E-state index in [0.29, 0.717) is 30.2 Å². The van der Waals surface area contributed by atoms with Crippen LogP contribution in [-0.2, 0) is 4.79 Å². The van der Waals surface area contributed by atoms with Gasteiger partial charge in [-0.25, -0.2) is 4.79 Å². The van der Waals surface area contributed by atoms with Crippen molar-refractivity contribution in [2.75, 3.05) is 32.0 Å². The molecule has 0 aromatic carbocycles. The highest BCUT2D eigenvalue weighted by Gasteiger charge is 2.20. The lowest BCUT2D eigenvalue weighted by Gasteiger charge is -2.22. The van der Waals surface area contributed by atoms with Crippen molar-refractivity contribution in [1.29, 1.82) is 0 Å². The Balaban J connectivity index is 1.81. The van der Waals surface area contributed by atoms with E-state index in [-0.39, 0.29) is 11.9 Å². The number of likely N-dealkylation sites (N-methyl/N-ethyl adjacent to an activating group) is 1. The van der Waals surface area contributed by atoms with Crippen LogP contribution < -0.4 is 5.32 Å². The number of urea groups is 1. The fourth-order valence-corrected chi connectivity index (χ4v) is 2.19. The minimum Gasteiger partial charge on any atom is -0.341 e. The molecule has 20 heavy (non-hydrogen) atoms. The van der Waals surface area contributed by atoms with Crippen molar-refractivity contribution in [2.24, 2.45) is 0 Å². The Morgan fingerprint density at radius 1 is 1.55 bits per heavy atom. The molecule has 7 heteroatoms. The van der Waals surface area contributed by atoms with Crippen LogP contribution in [0, 0.1) is 0 Å². The van der Waals surface area contributed by atoms with Crippen LogP contribution in [0.3, 0.4) is 0 Å². The second-order valence-corrected chi connectivity index (χ2v) is 5.16. The Hall–Kier alpha value is -1.82. The van der Waals surface area contributed by atoms with Gasteiger partial charge in [0.1, 0.15) is 0 Å². The summed E-state index contributed by atoms with van der Waals surface area (Å²) < 4.78 is 0. The summed E-state index contributed by atoms with van der Waals surface area (Å²) in [5.74, 6) is 0.165. The van der Waals surface area contributed by atoms with Crippen molar-refractivity contribution in [3.63, 3.8) is 0 Å². The molecule has 0 saturated carbocycles. The molecular formula is C13H17ClN4O2. The van der Waals surface area contributed by atoms with Crippen LogP contribution in [0.4, 0.5) is 10.5 Å². The number of amides is 3. The van der Waals surface area contributed by atoms with Gasteiger partial charge in [-0.05, 0) is 12.5 Å². The highest BCUT2D eigenvalue weighted by Crippen LogP contribution is 2.13. The lowest BCUT2D eigenvalue weighted by Crippen LogP contribution is -2.38. The molecule has 0 bridgehead atoms. The third-order valence-corrected chi connectivity index (χ3v) is 3.39. The van der Waals surface area contributed by atoms with Crippen LogP contribution in [0.2, 0.25) is 5.02 Å². The predicted molar refractivity (Wildman–Crippen MR) is 76.7 cm³/mol. The lowest BCUT2D eigenvalue weighted by atomic mass is 10.4. The Morgan fingerprint density at radius 3 is 3.00 bits per heavy atom. The molecule has 0 atom stereocenters. The van der Waals surface area contributed by atoms with E-state index < -0.39 is 0 Å². The van der Waals surface area contributed by atoms with E-state index in [1.165, 1.54) is 17.3 Å². The van der Waals surface area contributed by atoms with Crippen molar-refractivity contribution >= 4 is 29.2 Å². The molecule has 108 valence electrons. The smallest absolute Gasteiger partial charge is 0.321 e. The Bertz CT molecular complexity index is 509. The van der Waals surface area contributed by atoms with Crippen molar-refractivity contribution in [2.45, 2.75) is 12.8 Å². The first-order valence-corrected chi connectivity index (χ1v) is 6.84. The number of aromatic nitrogens is 1. The number of carbonyl (C=O) groups is 2. The van der Waals surface area contributed by atoms with E-state index in [0.717, 1.165) is 13.0 Å². The van der Waals surface area contributed by atoms with Gasteiger partial charge < -0.3 is 15.1 Å². The molecule has 6 nitrogen and oxygen atoms in total. The second-order valence-electron chi connectivity index (χ2n) is 4.73. The van der Waals surface area contributed by atoms with Gasteiger partial charge in [0.05, 0.1) is 16.9 Å². The maximum Gasteiger partial charge on any atom is 0.321 e. The van der Waals surface area contributed by atoms with Gasteiger partial charge in [0, 0.05) is 39.3 Å². The molecular weight excluding hydrogens is 280 g/mol. The van der Waals surface area contributed by atoms with Crippen molar-refractivity contribution in [3.05, 3.63) is 23.5 Å². The summed E-state index contributed by atoms with van der Waals surface area (Å²) in [6.07, 6.45) is 4.55. The van der Waals surface area contributed by atoms with E-state index in [1.54, 1.807) is 18.0 Å². The van der Waals surface area contributed by atoms with E-state index in [1.807, 2.05) is 0 Å². The lowest BCUT2D eigenvalue weighted by molar-refractivity contribution is -0.127. The number of nitrogens with zero attached hydrogens (tertiary/aromatic N) is 3. The average molecular weight is 297 g/mol. The fraction of sp³-hybridized carbons (Fsp3) is 0.462. The number of likely N-dealkylation sites (tertiary alicyclic amines) is 1. The molecule has 1 aromatic heterocycles. The minimum absolute atomic E-state index is 0.165. The van der Waals surface area contributed by atoms with Gasteiger partial charge in [0.15, 0.2) is 0 Å². The summed E-state index contributed by atoms with van der Waals surface area (Å²) in [4.78, 5) is 30.6. The van der Waals surface area contributed by atoms with Gasteiger partial charge in [0.2, 0.25) is 5.91 Å². The van der Waals surface area contributed by atoms with E-state index in [4.69, 9.17) is 11.6 Å². The zero-order chi connectivity index (χ0) is 14.5. The van der Waals surface area contributed by atoms with Crippen LogP contribution in [0.5, 0.6) is 0 Å². The summed E-state index contributed by atoms with van der Waals surface area (Å²) in [6, 6.07) is 1.38. The molecule has 1 aliphatic rings. The summed E-state index contributed by atoms with van der Waals surface area (Å²) in [6.45, 7) is 1.84. The van der Waals surface area contributed by atoms with E-state index >= 15 is 0 Å². The number of rotatable bonds is 4. The topological polar surface area (TPSA) is 65.5 Å². The van der Waals surface area contributed by atoms with Crippen molar-refractivity contribution in [3.8, 4) is 0 Å². The van der Waals surface area contributed by atoms with Crippen LogP contribution in [0.15, 0.2) is 18.5 Å². The summed E-state index contributed by atoms with van der Waals surface area (Å²) >= 11 is 5.80. The number of anilines is 1. The van der Waals surface area contributed by atoms with Crippen LogP contribution in [0.1, 0.15) is 12.8 Å². The average Bonchev–Trinajstić information content (AvgIpc) is 2.81. The molecule has 0 unspecified atom stereocenters. The summed E-state index contributed by atoms with van der Waals surface area (Å²) in [5, 5.41) is 3.17. The van der Waals surface area contributed by atoms with E-state index in [9.17, 15) is 9.59 Å². The molecule has 1 aromatic rings. The molecule has 3 amide bonds. The summed E-state index contributed by atoms with van der Waals surface area (Å²) in [5.41, 5.74) is 0.548. The number of nitrogens with one attached hydrogen (secondary N) is 1. The summed E-state index contributed by atoms with van der Waals surface area (Å²) in [7, 11) is 1.69. The SMILES string of the molecule is CN(CCN1CCCC1=O)C(=O)Nc1cncc(Cl)c1. The monoisotopic (exact) mass is 296 g/mol. The first-order chi connectivity index (χ1) is 9.56. The number of hydrogen-bond donors (Lipinski definition) is 1. The number of pyridine rings is 1. The maximum atomic E-state index is 12.0. The van der Waals surface area contributed by atoms with Gasteiger partial charge in [-0.15, -0.1) is 0 Å². The third kappa shape index (κ3) is 3.84. The molecule has 1 aliphatic heterocycles. The minimum atomic E-state index is -0.249. The quantitative estimate of drug-likeness (QED) is 0.922. The predicted octanol–water partition coefficient (Wildman–Crippen LogP) is 1.82. The second kappa shape index (κ2) is 6.56. The maximum absolute atomic E-state index is 12.0. The molecule has 1 saturated heterocycles. The third-order valence-electron chi connectivity index (χ3n) is 3.18. The molecule has 2 rings (SSSR count). The first-order valence-electron chi connectivity index (χ1n) is 6.46. The largest absolute Gasteiger partial charge is 0.341 e. The zero-order valence-electron chi connectivity index (χ0n) is 11.3. The van der Waals surface area contributed by atoms with Crippen molar-refractivity contribution < 1.29 is 9.59 Å². The number of halogens is 1. The Kier molecular flexibility index (Phi) is 4.79. The number of hydrogen-bond acceptors (Lipinski definition) is 3. The van der Waals surface area contributed by atoms with Gasteiger partial charge in [-0.3, -0.25) is 9.78 Å². The molecule has 0 radical (unpaired) electrons. The number of carbonyl (C=O) groups excluding carboxylic acids is 2. The Labute approximate surface area is 122 Å². The first kappa shape index (κ1) is 14.6.